The molecular formula is C15H22FN3O. The summed E-state index contributed by atoms with van der Waals surface area (Å²) in [6.45, 7) is 4.89. The largest absolute Gasteiger partial charge is 0.391 e. The number of aliphatic hydroxyl groups is 1. The molecule has 0 saturated carbocycles. The van der Waals surface area contributed by atoms with Crippen molar-refractivity contribution >= 4 is 5.96 Å². The van der Waals surface area contributed by atoms with Crippen molar-refractivity contribution in [1.29, 1.82) is 0 Å². The maximum Gasteiger partial charge on any atom is 0.194 e. The Morgan fingerprint density at radius 2 is 2.40 bits per heavy atom. The molecule has 1 aromatic carbocycles. The highest BCUT2D eigenvalue weighted by Crippen LogP contribution is 2.09. The minimum Gasteiger partial charge on any atom is -0.391 e. The van der Waals surface area contributed by atoms with Gasteiger partial charge in [-0.1, -0.05) is 12.1 Å². The van der Waals surface area contributed by atoms with Crippen LogP contribution < -0.4 is 5.32 Å². The van der Waals surface area contributed by atoms with E-state index >= 15 is 0 Å². The number of β-amino-alcohol motifs (C(OH)–C–C–N with tert-alkyl or cyclic N) is 1. The monoisotopic (exact) mass is 279 g/mol. The quantitative estimate of drug-likeness (QED) is 0.647. The Morgan fingerprint density at radius 3 is 3.05 bits per heavy atom. The maximum absolute atomic E-state index is 13.1. The lowest BCUT2D eigenvalue weighted by atomic mass is 10.1. The first-order valence-corrected chi connectivity index (χ1v) is 7.15. The fourth-order valence-electron chi connectivity index (χ4n) is 2.34. The Balaban J connectivity index is 1.92. The topological polar surface area (TPSA) is 47.9 Å². The van der Waals surface area contributed by atoms with Gasteiger partial charge in [0.1, 0.15) is 5.82 Å². The van der Waals surface area contributed by atoms with E-state index in [1.54, 1.807) is 12.1 Å². The van der Waals surface area contributed by atoms with Crippen LogP contribution in [0.2, 0.25) is 0 Å². The Hall–Kier alpha value is -1.62. The number of guanidine groups is 1. The third-order valence-corrected chi connectivity index (χ3v) is 3.35. The summed E-state index contributed by atoms with van der Waals surface area (Å²) in [6.07, 6.45) is 1.24. The number of aliphatic hydroxyl groups excluding tert-OH is 1. The SMILES string of the molecule is CCNC(=NCCc1cccc(F)c1)N1CC[C@@H](O)C1. The summed E-state index contributed by atoms with van der Waals surface area (Å²) in [5, 5.41) is 12.8. The molecule has 1 heterocycles. The molecule has 20 heavy (non-hydrogen) atoms. The number of benzene rings is 1. The van der Waals surface area contributed by atoms with Gasteiger partial charge in [0, 0.05) is 26.2 Å². The van der Waals surface area contributed by atoms with Gasteiger partial charge in [-0.2, -0.15) is 0 Å². The molecule has 5 heteroatoms. The van der Waals surface area contributed by atoms with Crippen molar-refractivity contribution in [3.8, 4) is 0 Å². The van der Waals surface area contributed by atoms with Crippen LogP contribution in [-0.2, 0) is 6.42 Å². The van der Waals surface area contributed by atoms with Gasteiger partial charge in [0.25, 0.3) is 0 Å². The first kappa shape index (κ1) is 14.8. The second-order valence-electron chi connectivity index (χ2n) is 5.00. The van der Waals surface area contributed by atoms with Crippen LogP contribution >= 0.6 is 0 Å². The van der Waals surface area contributed by atoms with Crippen molar-refractivity contribution < 1.29 is 9.50 Å². The first-order valence-electron chi connectivity index (χ1n) is 7.15. The third-order valence-electron chi connectivity index (χ3n) is 3.35. The van der Waals surface area contributed by atoms with Crippen LogP contribution in [0, 0.1) is 5.82 Å². The number of aliphatic imine (C=N–C) groups is 1. The van der Waals surface area contributed by atoms with Gasteiger partial charge in [-0.3, -0.25) is 4.99 Å². The van der Waals surface area contributed by atoms with E-state index in [1.165, 1.54) is 6.07 Å². The molecule has 1 atom stereocenters. The highest BCUT2D eigenvalue weighted by molar-refractivity contribution is 5.80. The molecule has 1 fully saturated rings. The molecule has 4 nitrogen and oxygen atoms in total. The summed E-state index contributed by atoms with van der Waals surface area (Å²) in [5.41, 5.74) is 0.950. The second-order valence-corrected chi connectivity index (χ2v) is 5.00. The summed E-state index contributed by atoms with van der Waals surface area (Å²) in [4.78, 5) is 6.62. The van der Waals surface area contributed by atoms with E-state index in [1.807, 2.05) is 13.0 Å². The van der Waals surface area contributed by atoms with Crippen LogP contribution in [0.25, 0.3) is 0 Å². The number of hydrogen-bond acceptors (Lipinski definition) is 2. The number of nitrogens with zero attached hydrogens (tertiary/aromatic N) is 2. The van der Waals surface area contributed by atoms with Crippen LogP contribution in [0.15, 0.2) is 29.3 Å². The van der Waals surface area contributed by atoms with Crippen LogP contribution in [0.3, 0.4) is 0 Å². The van der Waals surface area contributed by atoms with Gasteiger partial charge in [0.2, 0.25) is 0 Å². The van der Waals surface area contributed by atoms with E-state index in [0.717, 1.165) is 31.0 Å². The third kappa shape index (κ3) is 4.20. The average molecular weight is 279 g/mol. The number of likely N-dealkylation sites (tertiary alicyclic amines) is 1. The summed E-state index contributed by atoms with van der Waals surface area (Å²) >= 11 is 0. The summed E-state index contributed by atoms with van der Waals surface area (Å²) in [5.74, 6) is 0.626. The molecule has 0 amide bonds. The Kier molecular flexibility index (Phi) is 5.35. The zero-order valence-electron chi connectivity index (χ0n) is 11.8. The molecule has 1 aliphatic heterocycles. The van der Waals surface area contributed by atoms with Gasteiger partial charge in [-0.05, 0) is 37.5 Å². The second kappa shape index (κ2) is 7.24. The van der Waals surface area contributed by atoms with Gasteiger partial charge < -0.3 is 15.3 Å². The van der Waals surface area contributed by atoms with Crippen molar-refractivity contribution in [3.63, 3.8) is 0 Å². The fourth-order valence-corrected chi connectivity index (χ4v) is 2.34. The van der Waals surface area contributed by atoms with E-state index in [9.17, 15) is 9.50 Å². The summed E-state index contributed by atoms with van der Waals surface area (Å²) in [6, 6.07) is 6.62. The van der Waals surface area contributed by atoms with Crippen molar-refractivity contribution in [2.24, 2.45) is 4.99 Å². The number of halogens is 1. The lowest BCUT2D eigenvalue weighted by molar-refractivity contribution is 0.188. The molecule has 0 aromatic heterocycles. The Morgan fingerprint density at radius 1 is 1.55 bits per heavy atom. The van der Waals surface area contributed by atoms with Crippen molar-refractivity contribution in [2.75, 3.05) is 26.2 Å². The molecule has 0 spiro atoms. The molecule has 0 bridgehead atoms. The van der Waals surface area contributed by atoms with Crippen molar-refractivity contribution in [3.05, 3.63) is 35.6 Å². The van der Waals surface area contributed by atoms with Crippen LogP contribution in [0.4, 0.5) is 4.39 Å². The smallest absolute Gasteiger partial charge is 0.194 e. The lowest BCUT2D eigenvalue weighted by Crippen LogP contribution is -2.40. The molecule has 110 valence electrons. The summed E-state index contributed by atoms with van der Waals surface area (Å²) in [7, 11) is 0. The van der Waals surface area contributed by atoms with Crippen LogP contribution in [0.1, 0.15) is 18.9 Å². The average Bonchev–Trinajstić information content (AvgIpc) is 2.84. The Bertz CT molecular complexity index is 464. The van der Waals surface area contributed by atoms with E-state index < -0.39 is 0 Å². The van der Waals surface area contributed by atoms with Crippen molar-refractivity contribution in [1.82, 2.24) is 10.2 Å². The van der Waals surface area contributed by atoms with E-state index in [2.05, 4.69) is 15.2 Å². The zero-order chi connectivity index (χ0) is 14.4. The molecule has 1 aliphatic rings. The van der Waals surface area contributed by atoms with E-state index in [-0.39, 0.29) is 11.9 Å². The van der Waals surface area contributed by atoms with E-state index in [0.29, 0.717) is 19.5 Å². The van der Waals surface area contributed by atoms with Gasteiger partial charge in [-0.25, -0.2) is 4.39 Å². The summed E-state index contributed by atoms with van der Waals surface area (Å²) < 4.78 is 13.1. The van der Waals surface area contributed by atoms with Gasteiger partial charge >= 0.3 is 0 Å². The van der Waals surface area contributed by atoms with Gasteiger partial charge in [0.05, 0.1) is 6.10 Å². The minimum atomic E-state index is -0.262. The van der Waals surface area contributed by atoms with Gasteiger partial charge in [-0.15, -0.1) is 0 Å². The standard InChI is InChI=1S/C15H22FN3O/c1-2-17-15(19-9-7-14(20)11-19)18-8-6-12-4-3-5-13(16)10-12/h3-5,10,14,20H,2,6-9,11H2,1H3,(H,17,18)/t14-/m1/s1. The number of hydrogen-bond donors (Lipinski definition) is 2. The van der Waals surface area contributed by atoms with Crippen LogP contribution in [0.5, 0.6) is 0 Å². The van der Waals surface area contributed by atoms with Crippen LogP contribution in [-0.4, -0.2) is 48.2 Å². The number of nitrogens with one attached hydrogen (secondary N) is 1. The molecule has 1 saturated heterocycles. The highest BCUT2D eigenvalue weighted by atomic mass is 19.1. The molecule has 1 aromatic rings. The molecule has 2 rings (SSSR count). The fraction of sp³-hybridized carbons (Fsp3) is 0.533. The first-order chi connectivity index (χ1) is 9.69. The minimum absolute atomic E-state index is 0.207. The molecule has 0 unspecified atom stereocenters. The normalized spacial score (nSPS) is 19.4. The molecule has 2 N–H and O–H groups in total. The molecule has 0 radical (unpaired) electrons. The predicted molar refractivity (Wildman–Crippen MR) is 78.3 cm³/mol. The predicted octanol–water partition coefficient (Wildman–Crippen LogP) is 1.40. The number of rotatable bonds is 4. The highest BCUT2D eigenvalue weighted by Gasteiger charge is 2.22. The molecule has 0 aliphatic carbocycles. The Labute approximate surface area is 119 Å². The van der Waals surface area contributed by atoms with E-state index in [4.69, 9.17) is 0 Å². The maximum atomic E-state index is 13.1. The van der Waals surface area contributed by atoms with Gasteiger partial charge in [0.15, 0.2) is 5.96 Å². The zero-order valence-corrected chi connectivity index (χ0v) is 11.8. The van der Waals surface area contributed by atoms with Crippen molar-refractivity contribution in [2.45, 2.75) is 25.9 Å². The molecular weight excluding hydrogens is 257 g/mol. The lowest BCUT2D eigenvalue weighted by Gasteiger charge is -2.20.